The largest absolute Gasteiger partial charge is 0.469 e. The molecule has 5 nitrogen and oxygen atoms in total. The number of piperidine rings is 1. The third-order valence-electron chi connectivity index (χ3n) is 3.35. The second-order valence-electron chi connectivity index (χ2n) is 4.75. The Balaban J connectivity index is 2.23. The van der Waals surface area contributed by atoms with Gasteiger partial charge in [0, 0.05) is 13.1 Å². The average molecular weight is 382 g/mol. The molecule has 0 N–H and O–H groups in total. The van der Waals surface area contributed by atoms with Crippen molar-refractivity contribution in [1.29, 1.82) is 0 Å². The minimum atomic E-state index is -3.52. The summed E-state index contributed by atoms with van der Waals surface area (Å²) in [5.74, 6) is -0.707. The Kier molecular flexibility index (Phi) is 4.88. The maximum Gasteiger partial charge on any atom is 0.309 e. The molecule has 112 valence electrons. The van der Waals surface area contributed by atoms with Crippen molar-refractivity contribution in [2.45, 2.75) is 24.0 Å². The van der Waals surface area contributed by atoms with Crippen molar-refractivity contribution in [2.75, 3.05) is 20.2 Å². The monoisotopic (exact) mass is 381 g/mol. The number of hydrogen-bond acceptors (Lipinski definition) is 5. The van der Waals surface area contributed by atoms with Gasteiger partial charge in [-0.15, -0.1) is 11.3 Å². The molecule has 8 heteroatoms. The van der Waals surface area contributed by atoms with Gasteiger partial charge in [-0.05, 0) is 47.3 Å². The standard InChI is InChI=1S/C12H16BrNO4S2/c1-8-6-10(19-11(8)13)20(16,17)14-5-3-4-9(7-14)12(15)18-2/h6,9H,3-5,7H2,1-2H3/t9-/m0/s1. The van der Waals surface area contributed by atoms with E-state index in [1.54, 1.807) is 6.07 Å². The van der Waals surface area contributed by atoms with Crippen LogP contribution in [0.3, 0.4) is 0 Å². The summed E-state index contributed by atoms with van der Waals surface area (Å²) in [6.07, 6.45) is 1.34. The van der Waals surface area contributed by atoms with Gasteiger partial charge in [0.15, 0.2) is 0 Å². The van der Waals surface area contributed by atoms with Crippen LogP contribution in [0.15, 0.2) is 14.1 Å². The highest BCUT2D eigenvalue weighted by Crippen LogP contribution is 2.33. The van der Waals surface area contributed by atoms with E-state index in [0.29, 0.717) is 23.6 Å². The number of hydrogen-bond donors (Lipinski definition) is 0. The normalized spacial score (nSPS) is 20.9. The van der Waals surface area contributed by atoms with E-state index in [0.717, 1.165) is 9.35 Å². The minimum Gasteiger partial charge on any atom is -0.469 e. The summed E-state index contributed by atoms with van der Waals surface area (Å²) in [4.78, 5) is 11.6. The van der Waals surface area contributed by atoms with Crippen molar-refractivity contribution in [2.24, 2.45) is 5.92 Å². The molecule has 20 heavy (non-hydrogen) atoms. The number of rotatable bonds is 3. The molecule has 0 spiro atoms. The van der Waals surface area contributed by atoms with Crippen LogP contribution in [0.1, 0.15) is 18.4 Å². The summed E-state index contributed by atoms with van der Waals surface area (Å²) in [5.41, 5.74) is 0.898. The smallest absolute Gasteiger partial charge is 0.309 e. The predicted molar refractivity (Wildman–Crippen MR) is 80.3 cm³/mol. The average Bonchev–Trinajstić information content (AvgIpc) is 2.78. The minimum absolute atomic E-state index is 0.198. The molecule has 2 rings (SSSR count). The van der Waals surface area contributed by atoms with E-state index in [1.807, 2.05) is 6.92 Å². The van der Waals surface area contributed by atoms with E-state index in [2.05, 4.69) is 15.9 Å². The Bertz CT molecular complexity index is 591. The quantitative estimate of drug-likeness (QED) is 0.754. The van der Waals surface area contributed by atoms with Gasteiger partial charge in [-0.3, -0.25) is 4.79 Å². The zero-order valence-corrected chi connectivity index (χ0v) is 14.5. The number of ether oxygens (including phenoxy) is 1. The van der Waals surface area contributed by atoms with Crippen molar-refractivity contribution in [3.63, 3.8) is 0 Å². The van der Waals surface area contributed by atoms with Crippen molar-refractivity contribution in [3.8, 4) is 0 Å². The maximum atomic E-state index is 12.6. The van der Waals surface area contributed by atoms with Crippen molar-refractivity contribution in [1.82, 2.24) is 4.31 Å². The Morgan fingerprint density at radius 3 is 2.80 bits per heavy atom. The second-order valence-corrected chi connectivity index (χ2v) is 9.28. The lowest BCUT2D eigenvalue weighted by Crippen LogP contribution is -2.42. The van der Waals surface area contributed by atoms with Gasteiger partial charge < -0.3 is 4.74 Å². The molecule has 1 saturated heterocycles. The van der Waals surface area contributed by atoms with Crippen LogP contribution in [0.5, 0.6) is 0 Å². The van der Waals surface area contributed by atoms with E-state index in [9.17, 15) is 13.2 Å². The molecule has 1 atom stereocenters. The highest BCUT2D eigenvalue weighted by atomic mass is 79.9. The molecule has 0 aromatic carbocycles. The summed E-state index contributed by atoms with van der Waals surface area (Å²) in [5, 5.41) is 0. The number of sulfonamides is 1. The first-order chi connectivity index (χ1) is 9.36. The molecule has 0 saturated carbocycles. The molecular weight excluding hydrogens is 366 g/mol. The molecule has 2 heterocycles. The summed E-state index contributed by atoms with van der Waals surface area (Å²) in [7, 11) is -2.20. The number of aryl methyl sites for hydroxylation is 1. The van der Waals surface area contributed by atoms with Crippen LogP contribution < -0.4 is 0 Å². The van der Waals surface area contributed by atoms with Gasteiger partial charge in [0.25, 0.3) is 10.0 Å². The molecule has 0 amide bonds. The number of thiophene rings is 1. The zero-order valence-electron chi connectivity index (χ0n) is 11.3. The second kappa shape index (κ2) is 6.13. The molecule has 0 aliphatic carbocycles. The third kappa shape index (κ3) is 3.08. The van der Waals surface area contributed by atoms with Crippen LogP contribution in [-0.4, -0.2) is 38.9 Å². The van der Waals surface area contributed by atoms with Gasteiger partial charge >= 0.3 is 5.97 Å². The summed E-state index contributed by atoms with van der Waals surface area (Å²) < 4.78 is 32.4. The van der Waals surface area contributed by atoms with Crippen molar-refractivity contribution < 1.29 is 17.9 Å². The van der Waals surface area contributed by atoms with Gasteiger partial charge in [-0.1, -0.05) is 0 Å². The summed E-state index contributed by atoms with van der Waals surface area (Å²) in [6.45, 7) is 2.50. The van der Waals surface area contributed by atoms with E-state index in [-0.39, 0.29) is 18.4 Å². The number of esters is 1. The number of methoxy groups -OCH3 is 1. The van der Waals surface area contributed by atoms with Crippen LogP contribution >= 0.6 is 27.3 Å². The lowest BCUT2D eigenvalue weighted by molar-refractivity contribution is -0.146. The lowest BCUT2D eigenvalue weighted by atomic mass is 10.0. The molecule has 0 bridgehead atoms. The van der Waals surface area contributed by atoms with Gasteiger partial charge in [-0.25, -0.2) is 8.42 Å². The highest BCUT2D eigenvalue weighted by Gasteiger charge is 2.34. The zero-order chi connectivity index (χ0) is 14.9. The van der Waals surface area contributed by atoms with Crippen LogP contribution in [0.25, 0.3) is 0 Å². The fourth-order valence-corrected chi connectivity index (χ4v) is 6.11. The molecule has 1 aromatic rings. The van der Waals surface area contributed by atoms with Gasteiger partial charge in [0.1, 0.15) is 4.21 Å². The van der Waals surface area contributed by atoms with Crippen LogP contribution in [-0.2, 0) is 19.6 Å². The Morgan fingerprint density at radius 2 is 2.25 bits per heavy atom. The Hall–Kier alpha value is -0.440. The SMILES string of the molecule is COC(=O)[C@H]1CCCN(S(=O)(=O)c2cc(C)c(Br)s2)C1. The Morgan fingerprint density at radius 1 is 1.55 bits per heavy atom. The summed E-state index contributed by atoms with van der Waals surface area (Å²) >= 11 is 4.54. The third-order valence-corrected chi connectivity index (χ3v) is 7.80. The van der Waals surface area contributed by atoms with Crippen molar-refractivity contribution in [3.05, 3.63) is 15.4 Å². The van der Waals surface area contributed by atoms with E-state index in [1.165, 1.54) is 22.8 Å². The Labute approximate surface area is 131 Å². The highest BCUT2D eigenvalue weighted by molar-refractivity contribution is 9.11. The topological polar surface area (TPSA) is 63.7 Å². The van der Waals surface area contributed by atoms with E-state index >= 15 is 0 Å². The van der Waals surface area contributed by atoms with Gasteiger partial charge in [0.2, 0.25) is 0 Å². The fraction of sp³-hybridized carbons (Fsp3) is 0.583. The lowest BCUT2D eigenvalue weighted by Gasteiger charge is -2.29. The first-order valence-corrected chi connectivity index (χ1v) is 9.25. The first kappa shape index (κ1) is 15.9. The molecular formula is C12H16BrNO4S2. The molecule has 0 unspecified atom stereocenters. The molecule has 1 aromatic heterocycles. The summed E-state index contributed by atoms with van der Waals surface area (Å²) in [6, 6.07) is 1.66. The fourth-order valence-electron chi connectivity index (χ4n) is 2.21. The van der Waals surface area contributed by atoms with Crippen LogP contribution in [0, 0.1) is 12.8 Å². The van der Waals surface area contributed by atoms with E-state index < -0.39 is 10.0 Å². The molecule has 1 aliphatic heterocycles. The van der Waals surface area contributed by atoms with Crippen LogP contribution in [0.2, 0.25) is 0 Å². The van der Waals surface area contributed by atoms with Gasteiger partial charge in [0.05, 0.1) is 16.8 Å². The number of carbonyl (C=O) groups excluding carboxylic acids is 1. The van der Waals surface area contributed by atoms with E-state index in [4.69, 9.17) is 4.74 Å². The molecule has 1 fully saturated rings. The number of carbonyl (C=O) groups is 1. The number of nitrogens with zero attached hydrogens (tertiary/aromatic N) is 1. The predicted octanol–water partition coefficient (Wildman–Crippen LogP) is 2.39. The maximum absolute atomic E-state index is 12.6. The number of halogens is 1. The first-order valence-electron chi connectivity index (χ1n) is 6.20. The van der Waals surface area contributed by atoms with Crippen molar-refractivity contribution >= 4 is 43.3 Å². The molecule has 0 radical (unpaired) electrons. The molecule has 1 aliphatic rings. The van der Waals surface area contributed by atoms with Crippen LogP contribution in [0.4, 0.5) is 0 Å². The van der Waals surface area contributed by atoms with Gasteiger partial charge in [-0.2, -0.15) is 4.31 Å².